The van der Waals surface area contributed by atoms with E-state index in [9.17, 15) is 19.2 Å². The van der Waals surface area contributed by atoms with Crippen molar-refractivity contribution in [2.24, 2.45) is 0 Å². The molecule has 0 bridgehead atoms. The molecule has 0 saturated carbocycles. The van der Waals surface area contributed by atoms with Gasteiger partial charge in [-0.3, -0.25) is 10.6 Å². The molecule has 12 nitrogen and oxygen atoms in total. The van der Waals surface area contributed by atoms with Crippen molar-refractivity contribution in [1.82, 2.24) is 0 Å². The number of hydrogen-bond acceptors (Lipinski definition) is 10. The van der Waals surface area contributed by atoms with E-state index in [0.717, 1.165) is 33.4 Å². The monoisotopic (exact) mass is 844 g/mol. The standard InChI is InChI=1S/C51H44N2O10/c1-33(2)47(54)62-41-13-9-11-37(31-41)52-49(56)60-29-27-58-39-23-19-35(20-24-39)51(45-17-7-5-15-43(45)44-16-6-8-18-46(44)51)36-21-25-40(26-22-36)59-28-30-61-50(57)53-38-12-10-14-42(32-38)63-48(55)34(3)4/h5-26,31-32H,1,3,27-30H2,2,4H3,(H,52,56)(H,53,57). The van der Waals surface area contributed by atoms with Crippen LogP contribution >= 0.6 is 0 Å². The van der Waals surface area contributed by atoms with Crippen molar-refractivity contribution in [1.29, 1.82) is 0 Å². The Labute approximate surface area is 364 Å². The number of benzene rings is 6. The molecule has 0 fully saturated rings. The lowest BCUT2D eigenvalue weighted by Crippen LogP contribution is -2.28. The van der Waals surface area contributed by atoms with E-state index < -0.39 is 29.5 Å². The number of carbonyl (C=O) groups is 4. The quantitative estimate of drug-likeness (QED) is 0.0417. The Hall–Kier alpha value is -8.12. The van der Waals surface area contributed by atoms with Crippen molar-refractivity contribution in [2.45, 2.75) is 19.3 Å². The van der Waals surface area contributed by atoms with Crippen LogP contribution in [-0.2, 0) is 24.5 Å². The molecule has 7 rings (SSSR count). The second kappa shape index (κ2) is 19.5. The highest BCUT2D eigenvalue weighted by Crippen LogP contribution is 2.56. The first-order valence-corrected chi connectivity index (χ1v) is 20.0. The summed E-state index contributed by atoms with van der Waals surface area (Å²) in [6.45, 7) is 10.4. The number of fused-ring (bicyclic) bond motifs is 3. The van der Waals surface area contributed by atoms with E-state index in [1.807, 2.05) is 72.8 Å². The molecule has 0 saturated heterocycles. The predicted octanol–water partition coefficient (Wildman–Crippen LogP) is 10.3. The number of ether oxygens (including phenoxy) is 6. The van der Waals surface area contributed by atoms with Gasteiger partial charge in [0.25, 0.3) is 0 Å². The average molecular weight is 845 g/mol. The summed E-state index contributed by atoms with van der Waals surface area (Å²) in [5, 5.41) is 5.24. The van der Waals surface area contributed by atoms with Crippen LogP contribution in [0.25, 0.3) is 11.1 Å². The number of nitrogens with one attached hydrogen (secondary N) is 2. The highest BCUT2D eigenvalue weighted by atomic mass is 16.6. The fourth-order valence-electron chi connectivity index (χ4n) is 7.18. The molecule has 0 spiro atoms. The summed E-state index contributed by atoms with van der Waals surface area (Å²) in [5.41, 5.74) is 7.21. The van der Waals surface area contributed by atoms with Crippen LogP contribution in [0.5, 0.6) is 23.0 Å². The lowest BCUT2D eigenvalue weighted by atomic mass is 9.68. The zero-order valence-corrected chi connectivity index (χ0v) is 34.7. The van der Waals surface area contributed by atoms with Crippen LogP contribution in [0, 0.1) is 0 Å². The van der Waals surface area contributed by atoms with Crippen molar-refractivity contribution >= 4 is 35.5 Å². The van der Waals surface area contributed by atoms with Crippen molar-refractivity contribution in [2.75, 3.05) is 37.1 Å². The third-order valence-electron chi connectivity index (χ3n) is 9.98. The van der Waals surface area contributed by atoms with E-state index in [-0.39, 0.29) is 49.1 Å². The summed E-state index contributed by atoms with van der Waals surface area (Å²) < 4.78 is 33.1. The lowest BCUT2D eigenvalue weighted by Gasteiger charge is -2.34. The van der Waals surface area contributed by atoms with Crippen LogP contribution in [0.2, 0.25) is 0 Å². The zero-order chi connectivity index (χ0) is 44.3. The highest BCUT2D eigenvalue weighted by Gasteiger charge is 2.45. The van der Waals surface area contributed by atoms with Crippen molar-refractivity contribution in [3.63, 3.8) is 0 Å². The van der Waals surface area contributed by atoms with E-state index in [1.54, 1.807) is 50.2 Å². The van der Waals surface area contributed by atoms with Gasteiger partial charge < -0.3 is 28.4 Å². The van der Waals surface area contributed by atoms with Crippen molar-refractivity contribution in [3.8, 4) is 34.1 Å². The number of rotatable bonds is 16. The second-order valence-electron chi connectivity index (χ2n) is 14.5. The molecule has 12 heteroatoms. The summed E-state index contributed by atoms with van der Waals surface area (Å²) in [5.74, 6) is 0.596. The van der Waals surface area contributed by atoms with Crippen LogP contribution in [0.15, 0.2) is 170 Å². The molecule has 0 radical (unpaired) electrons. The van der Waals surface area contributed by atoms with Crippen molar-refractivity contribution in [3.05, 3.63) is 192 Å². The zero-order valence-electron chi connectivity index (χ0n) is 34.7. The summed E-state index contributed by atoms with van der Waals surface area (Å²) >= 11 is 0. The van der Waals surface area contributed by atoms with Gasteiger partial charge in [0.1, 0.15) is 49.4 Å². The van der Waals surface area contributed by atoms with Crippen LogP contribution in [0.1, 0.15) is 36.1 Å². The molecular weight excluding hydrogens is 801 g/mol. The first-order chi connectivity index (χ1) is 30.5. The molecule has 1 aliphatic carbocycles. The lowest BCUT2D eigenvalue weighted by molar-refractivity contribution is -0.130. The van der Waals surface area contributed by atoms with Crippen LogP contribution in [0.3, 0.4) is 0 Å². The molecule has 2 amide bonds. The summed E-state index contributed by atoms with van der Waals surface area (Å²) in [6, 6.07) is 45.4. The molecule has 0 aliphatic heterocycles. The van der Waals surface area contributed by atoms with Gasteiger partial charge in [-0.25, -0.2) is 19.2 Å². The molecule has 0 heterocycles. The SMILES string of the molecule is C=C(C)C(=O)Oc1cccc(NC(=O)OCCOc2ccc(C3(c4ccc(OCCOC(=O)Nc5cccc(OC(=O)C(=C)C)c5)cc4)c4ccccc4-c4ccccc43)cc2)c1. The Kier molecular flexibility index (Phi) is 13.3. The van der Waals surface area contributed by atoms with Gasteiger partial charge >= 0.3 is 24.1 Å². The molecule has 2 N–H and O–H groups in total. The Bertz CT molecular complexity index is 2490. The van der Waals surface area contributed by atoms with Gasteiger partial charge in [0, 0.05) is 34.7 Å². The van der Waals surface area contributed by atoms with E-state index in [0.29, 0.717) is 22.9 Å². The Morgan fingerprint density at radius 1 is 0.476 bits per heavy atom. The maximum absolute atomic E-state index is 12.5. The molecule has 0 aromatic heterocycles. The van der Waals surface area contributed by atoms with Crippen LogP contribution < -0.4 is 29.6 Å². The smallest absolute Gasteiger partial charge is 0.411 e. The van der Waals surface area contributed by atoms with Crippen molar-refractivity contribution < 1.29 is 47.6 Å². The third-order valence-corrected chi connectivity index (χ3v) is 9.98. The Balaban J connectivity index is 0.984. The highest BCUT2D eigenvalue weighted by molar-refractivity contribution is 5.91. The van der Waals surface area contributed by atoms with E-state index >= 15 is 0 Å². The molecule has 318 valence electrons. The number of hydrogen-bond donors (Lipinski definition) is 2. The average Bonchev–Trinajstić information content (AvgIpc) is 3.58. The van der Waals surface area contributed by atoms with Gasteiger partial charge in [-0.1, -0.05) is 98.1 Å². The molecule has 1 aliphatic rings. The fraction of sp³-hybridized carbons (Fsp3) is 0.137. The topological polar surface area (TPSA) is 148 Å². The van der Waals surface area contributed by atoms with E-state index in [1.165, 1.54) is 12.1 Å². The number of anilines is 2. The molecule has 6 aromatic carbocycles. The van der Waals surface area contributed by atoms with E-state index in [2.05, 4.69) is 48.1 Å². The number of carbonyl (C=O) groups excluding carboxylic acids is 4. The third kappa shape index (κ3) is 10.1. The van der Waals surface area contributed by atoms with Crippen LogP contribution in [-0.4, -0.2) is 50.6 Å². The Morgan fingerprint density at radius 3 is 1.27 bits per heavy atom. The normalized spacial score (nSPS) is 11.8. The molecular formula is C51H44N2O10. The minimum absolute atomic E-state index is 0.0127. The van der Waals surface area contributed by atoms with Gasteiger partial charge in [0.15, 0.2) is 0 Å². The first-order valence-electron chi connectivity index (χ1n) is 20.0. The minimum Gasteiger partial charge on any atom is -0.490 e. The van der Waals surface area contributed by atoms with Gasteiger partial charge in [-0.15, -0.1) is 0 Å². The van der Waals surface area contributed by atoms with Gasteiger partial charge in [-0.2, -0.15) is 0 Å². The number of amides is 2. The first kappa shape index (κ1) is 43.0. The molecule has 0 atom stereocenters. The summed E-state index contributed by atoms with van der Waals surface area (Å²) in [4.78, 5) is 48.7. The fourth-order valence-corrected chi connectivity index (χ4v) is 7.18. The van der Waals surface area contributed by atoms with Gasteiger partial charge in [-0.05, 0) is 95.8 Å². The molecule has 63 heavy (non-hydrogen) atoms. The van der Waals surface area contributed by atoms with E-state index in [4.69, 9.17) is 28.4 Å². The van der Waals surface area contributed by atoms with Crippen LogP contribution in [0.4, 0.5) is 21.0 Å². The largest absolute Gasteiger partial charge is 0.490 e. The Morgan fingerprint density at radius 2 is 0.873 bits per heavy atom. The number of esters is 2. The minimum atomic E-state index is -0.685. The van der Waals surface area contributed by atoms with Gasteiger partial charge in [0.05, 0.1) is 5.41 Å². The molecule has 6 aromatic rings. The summed E-state index contributed by atoms with van der Waals surface area (Å²) in [7, 11) is 0. The maximum Gasteiger partial charge on any atom is 0.411 e. The maximum atomic E-state index is 12.5. The summed E-state index contributed by atoms with van der Waals surface area (Å²) in [6.07, 6.45) is -1.37. The second-order valence-corrected chi connectivity index (χ2v) is 14.5. The van der Waals surface area contributed by atoms with Gasteiger partial charge in [0.2, 0.25) is 0 Å². The molecule has 0 unspecified atom stereocenters. The predicted molar refractivity (Wildman–Crippen MR) is 238 cm³/mol.